The van der Waals surface area contributed by atoms with Crippen molar-refractivity contribution in [2.75, 3.05) is 6.61 Å². The average molecular weight is 780 g/mol. The van der Waals surface area contributed by atoms with Gasteiger partial charge in [-0.2, -0.15) is 0 Å². The average Bonchev–Trinajstić information content (AvgIpc) is 3.22. The molecule has 0 fully saturated rings. The zero-order valence-corrected chi connectivity index (χ0v) is 36.0. The number of hydrogen-bond acceptors (Lipinski definition) is 3. The summed E-state index contributed by atoms with van der Waals surface area (Å²) in [5, 5.41) is 22.6. The Balaban J connectivity index is 3.75. The van der Waals surface area contributed by atoms with Gasteiger partial charge in [-0.05, 0) is 109 Å². The standard InChI is InChI=1S/C53H81NO3/c1-3-5-7-9-11-12-13-14-15-16-17-18-19-20-21-22-23-24-25-26-27-28-29-30-31-32-33-34-35-36-37-38-39-40-41-42-43-45-47-49-53(57)54-51(50-55)52(56)48-46-44-10-8-6-4-2/h5,7,11-12,14-15,17-18,20-21,23-24,26-27,29-30,32-33,35-36,38-39,41-42,46,48,51-52,55-56H,3-4,6,8-10,13,16,19,22,25,28,31,34,37,40,43-45,47,49-50H2,1-2H3,(H,54,57)/b7-5-,12-11-,15-14-,18-17-,21-20-,24-23-,27-26-,30-29-,33-32-,36-35-,39-38-,42-41-,48-46+. The molecule has 0 spiro atoms. The molecule has 0 heterocycles. The van der Waals surface area contributed by atoms with Crippen molar-refractivity contribution in [3.8, 4) is 0 Å². The van der Waals surface area contributed by atoms with Crippen LogP contribution in [0.5, 0.6) is 0 Å². The van der Waals surface area contributed by atoms with Gasteiger partial charge in [0, 0.05) is 6.42 Å². The Kier molecular flexibility index (Phi) is 43.1. The lowest BCUT2D eigenvalue weighted by Gasteiger charge is -2.19. The summed E-state index contributed by atoms with van der Waals surface area (Å²) in [5.74, 6) is -0.121. The highest BCUT2D eigenvalue weighted by Crippen LogP contribution is 2.07. The normalized spacial score (nSPS) is 14.5. The monoisotopic (exact) mass is 780 g/mol. The van der Waals surface area contributed by atoms with E-state index in [9.17, 15) is 15.0 Å². The summed E-state index contributed by atoms with van der Waals surface area (Å²) < 4.78 is 0. The van der Waals surface area contributed by atoms with Gasteiger partial charge in [-0.3, -0.25) is 4.79 Å². The maximum atomic E-state index is 12.3. The maximum Gasteiger partial charge on any atom is 0.220 e. The van der Waals surface area contributed by atoms with Crippen molar-refractivity contribution in [1.29, 1.82) is 0 Å². The highest BCUT2D eigenvalue weighted by molar-refractivity contribution is 5.76. The Labute approximate surface area is 350 Å². The van der Waals surface area contributed by atoms with E-state index in [4.69, 9.17) is 0 Å². The summed E-state index contributed by atoms with van der Waals surface area (Å²) in [6.07, 6.45) is 76.7. The van der Waals surface area contributed by atoms with Gasteiger partial charge in [0.15, 0.2) is 0 Å². The number of hydrogen-bond donors (Lipinski definition) is 3. The number of carbonyl (C=O) groups is 1. The topological polar surface area (TPSA) is 69.6 Å². The molecule has 1 amide bonds. The molecule has 0 aromatic rings. The van der Waals surface area contributed by atoms with E-state index in [2.05, 4.69) is 165 Å². The van der Waals surface area contributed by atoms with Crippen LogP contribution < -0.4 is 5.32 Å². The minimum Gasteiger partial charge on any atom is -0.394 e. The summed E-state index contributed by atoms with van der Waals surface area (Å²) in [5.41, 5.74) is 0. The van der Waals surface area contributed by atoms with E-state index >= 15 is 0 Å². The minimum atomic E-state index is -0.865. The lowest BCUT2D eigenvalue weighted by Crippen LogP contribution is -2.45. The first kappa shape index (κ1) is 53.0. The molecule has 2 atom stereocenters. The third-order valence-corrected chi connectivity index (χ3v) is 8.77. The van der Waals surface area contributed by atoms with Crippen molar-refractivity contribution in [2.24, 2.45) is 0 Å². The number of nitrogens with one attached hydrogen (secondary N) is 1. The molecule has 0 saturated heterocycles. The third-order valence-electron chi connectivity index (χ3n) is 8.77. The lowest BCUT2D eigenvalue weighted by atomic mass is 10.1. The van der Waals surface area contributed by atoms with Crippen LogP contribution in [0.1, 0.15) is 149 Å². The van der Waals surface area contributed by atoms with Gasteiger partial charge in [-0.15, -0.1) is 0 Å². The first-order valence-electron chi connectivity index (χ1n) is 22.2. The molecule has 0 aromatic carbocycles. The molecule has 0 aliphatic rings. The van der Waals surface area contributed by atoms with E-state index in [1.54, 1.807) is 6.08 Å². The van der Waals surface area contributed by atoms with Gasteiger partial charge in [0.2, 0.25) is 5.91 Å². The van der Waals surface area contributed by atoms with Crippen molar-refractivity contribution < 1.29 is 15.0 Å². The predicted molar refractivity (Wildman–Crippen MR) is 252 cm³/mol. The van der Waals surface area contributed by atoms with Crippen molar-refractivity contribution in [3.05, 3.63) is 158 Å². The van der Waals surface area contributed by atoms with E-state index in [-0.39, 0.29) is 12.5 Å². The molecule has 316 valence electrons. The van der Waals surface area contributed by atoms with Gasteiger partial charge in [0.05, 0.1) is 18.8 Å². The minimum absolute atomic E-state index is 0.121. The fourth-order valence-electron chi connectivity index (χ4n) is 5.39. The Bertz CT molecular complexity index is 1300. The second kappa shape index (κ2) is 46.4. The van der Waals surface area contributed by atoms with E-state index in [1.165, 1.54) is 19.3 Å². The molecule has 0 aromatic heterocycles. The number of allylic oxidation sites excluding steroid dienone is 25. The number of rotatable bonds is 37. The molecule has 4 nitrogen and oxygen atoms in total. The van der Waals surface area contributed by atoms with Crippen LogP contribution in [0.4, 0.5) is 0 Å². The number of aliphatic hydroxyl groups excluding tert-OH is 2. The zero-order valence-electron chi connectivity index (χ0n) is 36.0. The summed E-state index contributed by atoms with van der Waals surface area (Å²) in [7, 11) is 0. The molecule has 0 bridgehead atoms. The summed E-state index contributed by atoms with van der Waals surface area (Å²) in [6.45, 7) is 4.07. The fraction of sp³-hybridized carbons (Fsp3) is 0.491. The number of aliphatic hydroxyl groups is 2. The summed E-state index contributed by atoms with van der Waals surface area (Å²) >= 11 is 0. The molecular weight excluding hydrogens is 699 g/mol. The van der Waals surface area contributed by atoms with Crippen molar-refractivity contribution >= 4 is 5.91 Å². The molecule has 3 N–H and O–H groups in total. The van der Waals surface area contributed by atoms with Crippen LogP contribution in [0.2, 0.25) is 0 Å². The van der Waals surface area contributed by atoms with Gasteiger partial charge in [0.1, 0.15) is 0 Å². The smallest absolute Gasteiger partial charge is 0.220 e. The van der Waals surface area contributed by atoms with E-state index < -0.39 is 12.1 Å². The van der Waals surface area contributed by atoms with Crippen LogP contribution in [-0.2, 0) is 4.79 Å². The Hall–Kier alpha value is -3.99. The second-order valence-electron chi connectivity index (χ2n) is 14.0. The molecule has 4 heteroatoms. The van der Waals surface area contributed by atoms with Crippen LogP contribution in [0.15, 0.2) is 158 Å². The first-order chi connectivity index (χ1) is 28.2. The van der Waals surface area contributed by atoms with Gasteiger partial charge in [-0.25, -0.2) is 0 Å². The largest absolute Gasteiger partial charge is 0.394 e. The number of carbonyl (C=O) groups excluding carboxylic acids is 1. The van der Waals surface area contributed by atoms with Gasteiger partial charge in [-0.1, -0.05) is 191 Å². The Morgan fingerprint density at radius 3 is 1.12 bits per heavy atom. The van der Waals surface area contributed by atoms with E-state index in [1.807, 2.05) is 6.08 Å². The molecule has 0 aliphatic heterocycles. The Morgan fingerprint density at radius 2 is 0.772 bits per heavy atom. The highest BCUT2D eigenvalue weighted by atomic mass is 16.3. The molecule has 0 radical (unpaired) electrons. The maximum absolute atomic E-state index is 12.3. The zero-order chi connectivity index (χ0) is 41.4. The molecule has 0 aliphatic carbocycles. The number of amides is 1. The number of unbranched alkanes of at least 4 members (excludes halogenated alkanes) is 6. The Morgan fingerprint density at radius 1 is 0.439 bits per heavy atom. The van der Waals surface area contributed by atoms with Crippen LogP contribution in [0, 0.1) is 0 Å². The molecule has 0 saturated carbocycles. The van der Waals surface area contributed by atoms with Crippen LogP contribution >= 0.6 is 0 Å². The summed E-state index contributed by atoms with van der Waals surface area (Å²) in [6, 6.07) is -0.653. The predicted octanol–water partition coefficient (Wildman–Crippen LogP) is 14.3. The van der Waals surface area contributed by atoms with Crippen LogP contribution in [0.25, 0.3) is 0 Å². The van der Waals surface area contributed by atoms with Crippen molar-refractivity contribution in [3.63, 3.8) is 0 Å². The van der Waals surface area contributed by atoms with Crippen molar-refractivity contribution in [2.45, 2.75) is 161 Å². The molecular formula is C53H81NO3. The highest BCUT2D eigenvalue weighted by Gasteiger charge is 2.17. The first-order valence-corrected chi connectivity index (χ1v) is 22.2. The molecule has 57 heavy (non-hydrogen) atoms. The van der Waals surface area contributed by atoms with Gasteiger partial charge >= 0.3 is 0 Å². The fourth-order valence-corrected chi connectivity index (χ4v) is 5.39. The van der Waals surface area contributed by atoms with Gasteiger partial charge in [0.25, 0.3) is 0 Å². The quantitative estimate of drug-likeness (QED) is 0.0434. The van der Waals surface area contributed by atoms with Crippen molar-refractivity contribution in [1.82, 2.24) is 5.32 Å². The molecule has 0 rings (SSSR count). The van der Waals surface area contributed by atoms with Gasteiger partial charge < -0.3 is 15.5 Å². The SMILES string of the molecule is CC/C=C\C/C=C\C/C=C\C/C=C\C/C=C\C/C=C\C/C=C\C/C=C\C/C=C\C/C=C\C/C=C\C/C=C\CCCCC(=O)NC(CO)C(O)/C=C/CCCCCC. The van der Waals surface area contributed by atoms with E-state index in [0.717, 1.165) is 109 Å². The second-order valence-corrected chi connectivity index (χ2v) is 14.0. The third kappa shape index (κ3) is 43.0. The van der Waals surface area contributed by atoms with Crippen LogP contribution in [0.3, 0.4) is 0 Å². The summed E-state index contributed by atoms with van der Waals surface area (Å²) in [4.78, 5) is 12.3. The van der Waals surface area contributed by atoms with Crippen LogP contribution in [-0.4, -0.2) is 34.9 Å². The van der Waals surface area contributed by atoms with E-state index in [0.29, 0.717) is 6.42 Å². The lowest BCUT2D eigenvalue weighted by molar-refractivity contribution is -0.123. The molecule has 2 unspecified atom stereocenters.